The zero-order valence-electron chi connectivity index (χ0n) is 10.8. The van der Waals surface area contributed by atoms with Crippen molar-refractivity contribution < 1.29 is 4.21 Å². The molecule has 2 unspecified atom stereocenters. The summed E-state index contributed by atoms with van der Waals surface area (Å²) in [6, 6.07) is 0.324. The Morgan fingerprint density at radius 2 is 2.24 bits per heavy atom. The molecule has 0 aromatic carbocycles. The number of rotatable bonds is 6. The second-order valence-corrected chi connectivity index (χ2v) is 6.25. The van der Waals surface area contributed by atoms with Gasteiger partial charge >= 0.3 is 0 Å². The molecule has 0 aliphatic carbocycles. The summed E-state index contributed by atoms with van der Waals surface area (Å²) < 4.78 is 12.8. The Kier molecular flexibility index (Phi) is 5.62. The molecular formula is C11H20ClN3OS. The van der Waals surface area contributed by atoms with Gasteiger partial charge in [0, 0.05) is 42.4 Å². The zero-order chi connectivity index (χ0) is 13.0. The Morgan fingerprint density at radius 1 is 1.59 bits per heavy atom. The number of hydrogen-bond donors (Lipinski definition) is 1. The van der Waals surface area contributed by atoms with Crippen molar-refractivity contribution in [3.63, 3.8) is 0 Å². The molecule has 1 heterocycles. The number of halogens is 1. The fourth-order valence-electron chi connectivity index (χ4n) is 1.59. The molecule has 0 fully saturated rings. The van der Waals surface area contributed by atoms with Crippen molar-refractivity contribution in [1.29, 1.82) is 0 Å². The van der Waals surface area contributed by atoms with Crippen LogP contribution in [0.4, 0.5) is 0 Å². The van der Waals surface area contributed by atoms with Crippen molar-refractivity contribution in [3.8, 4) is 0 Å². The second-order valence-electron chi connectivity index (χ2n) is 4.32. The lowest BCUT2D eigenvalue weighted by Gasteiger charge is -2.13. The number of hydrogen-bond acceptors (Lipinski definition) is 3. The van der Waals surface area contributed by atoms with Gasteiger partial charge in [0.25, 0.3) is 0 Å². The summed E-state index contributed by atoms with van der Waals surface area (Å²) in [4.78, 5) is 0. The minimum absolute atomic E-state index is 0.324. The summed E-state index contributed by atoms with van der Waals surface area (Å²) in [5.41, 5.74) is 1.85. The lowest BCUT2D eigenvalue weighted by Crippen LogP contribution is -2.28. The maximum Gasteiger partial charge on any atom is 0.0860 e. The van der Waals surface area contributed by atoms with Crippen LogP contribution in [0.5, 0.6) is 0 Å². The molecule has 1 aromatic rings. The van der Waals surface area contributed by atoms with E-state index < -0.39 is 10.8 Å². The summed E-state index contributed by atoms with van der Waals surface area (Å²) in [6.45, 7) is 4.67. The highest BCUT2D eigenvalue weighted by Crippen LogP contribution is 2.19. The average Bonchev–Trinajstić information content (AvgIpc) is 2.48. The van der Waals surface area contributed by atoms with Crippen LogP contribution < -0.4 is 5.32 Å². The highest BCUT2D eigenvalue weighted by Gasteiger charge is 2.11. The van der Waals surface area contributed by atoms with E-state index in [4.69, 9.17) is 11.6 Å². The van der Waals surface area contributed by atoms with Crippen LogP contribution in [-0.2, 0) is 24.4 Å². The molecule has 0 amide bonds. The van der Waals surface area contributed by atoms with Crippen LogP contribution in [0.15, 0.2) is 0 Å². The summed E-state index contributed by atoms with van der Waals surface area (Å²) in [7, 11) is 1.17. The van der Waals surface area contributed by atoms with Crippen molar-refractivity contribution in [2.75, 3.05) is 12.0 Å². The number of aryl methyl sites for hydroxylation is 2. The molecule has 4 nitrogen and oxygen atoms in total. The van der Waals surface area contributed by atoms with Crippen molar-refractivity contribution >= 4 is 22.4 Å². The van der Waals surface area contributed by atoms with Gasteiger partial charge in [-0.1, -0.05) is 11.6 Å². The molecule has 0 bridgehead atoms. The van der Waals surface area contributed by atoms with E-state index in [0.29, 0.717) is 12.6 Å². The predicted molar refractivity (Wildman–Crippen MR) is 72.8 cm³/mol. The molecular weight excluding hydrogens is 258 g/mol. The Hall–Kier alpha value is -0.390. The summed E-state index contributed by atoms with van der Waals surface area (Å²) in [5, 5.41) is 8.36. The van der Waals surface area contributed by atoms with E-state index in [9.17, 15) is 4.21 Å². The highest BCUT2D eigenvalue weighted by atomic mass is 35.5. The fraction of sp³-hybridized carbons (Fsp3) is 0.727. The SMILES string of the molecule is Cc1nn(C)c(CNC(C)CCS(C)=O)c1Cl. The number of nitrogens with one attached hydrogen (secondary N) is 1. The van der Waals surface area contributed by atoms with Gasteiger partial charge in [-0.3, -0.25) is 8.89 Å². The van der Waals surface area contributed by atoms with E-state index in [2.05, 4.69) is 17.3 Å². The molecule has 0 aliphatic heterocycles. The summed E-state index contributed by atoms with van der Waals surface area (Å²) >= 11 is 6.15. The molecule has 0 radical (unpaired) electrons. The molecule has 98 valence electrons. The van der Waals surface area contributed by atoms with Gasteiger partial charge < -0.3 is 5.32 Å². The molecule has 0 aliphatic rings. The Labute approximate surface area is 110 Å². The monoisotopic (exact) mass is 277 g/mol. The van der Waals surface area contributed by atoms with E-state index in [1.54, 1.807) is 10.9 Å². The van der Waals surface area contributed by atoms with E-state index in [0.717, 1.165) is 28.6 Å². The molecule has 17 heavy (non-hydrogen) atoms. The molecule has 1 rings (SSSR count). The normalized spacial score (nSPS) is 14.9. The minimum Gasteiger partial charge on any atom is -0.309 e. The standard InChI is InChI=1S/C11H20ClN3OS/c1-8(5-6-17(4)16)13-7-10-11(12)9(2)14-15(10)3/h8,13H,5-7H2,1-4H3. The molecule has 1 aromatic heterocycles. The number of aromatic nitrogens is 2. The van der Waals surface area contributed by atoms with Gasteiger partial charge in [0.2, 0.25) is 0 Å². The van der Waals surface area contributed by atoms with Gasteiger partial charge in [-0.15, -0.1) is 0 Å². The molecule has 2 atom stereocenters. The lowest BCUT2D eigenvalue weighted by atomic mass is 10.2. The number of nitrogens with zero attached hydrogens (tertiary/aromatic N) is 2. The van der Waals surface area contributed by atoms with Crippen LogP contribution in [0.3, 0.4) is 0 Å². The van der Waals surface area contributed by atoms with Gasteiger partial charge in [0.15, 0.2) is 0 Å². The van der Waals surface area contributed by atoms with Gasteiger partial charge in [0.1, 0.15) is 0 Å². The molecule has 1 N–H and O–H groups in total. The fourth-order valence-corrected chi connectivity index (χ4v) is 2.50. The molecule has 0 spiro atoms. The Bertz CT molecular complexity index is 406. The van der Waals surface area contributed by atoms with Gasteiger partial charge in [-0.25, -0.2) is 0 Å². The van der Waals surface area contributed by atoms with Crippen molar-refractivity contribution in [2.24, 2.45) is 7.05 Å². The first-order chi connectivity index (χ1) is 7.91. The van der Waals surface area contributed by atoms with Crippen molar-refractivity contribution in [2.45, 2.75) is 32.9 Å². The highest BCUT2D eigenvalue weighted by molar-refractivity contribution is 7.84. The first kappa shape index (κ1) is 14.7. The Morgan fingerprint density at radius 3 is 2.71 bits per heavy atom. The predicted octanol–water partition coefficient (Wildman–Crippen LogP) is 1.63. The van der Waals surface area contributed by atoms with Crippen LogP contribution in [-0.4, -0.2) is 32.0 Å². The Balaban J connectivity index is 2.47. The largest absolute Gasteiger partial charge is 0.309 e. The quantitative estimate of drug-likeness (QED) is 0.860. The van der Waals surface area contributed by atoms with Gasteiger partial charge in [0.05, 0.1) is 16.4 Å². The van der Waals surface area contributed by atoms with E-state index in [1.165, 1.54) is 0 Å². The third-order valence-electron chi connectivity index (χ3n) is 2.72. The third-order valence-corrected chi connectivity index (χ3v) is 4.02. The summed E-state index contributed by atoms with van der Waals surface area (Å²) in [6.07, 6.45) is 2.63. The average molecular weight is 278 g/mol. The first-order valence-electron chi connectivity index (χ1n) is 5.63. The van der Waals surface area contributed by atoms with Crippen molar-refractivity contribution in [1.82, 2.24) is 15.1 Å². The third kappa shape index (κ3) is 4.41. The van der Waals surface area contributed by atoms with Crippen LogP contribution in [0.25, 0.3) is 0 Å². The maximum absolute atomic E-state index is 11.0. The minimum atomic E-state index is -0.723. The lowest BCUT2D eigenvalue weighted by molar-refractivity contribution is 0.517. The molecule has 6 heteroatoms. The van der Waals surface area contributed by atoms with Crippen molar-refractivity contribution in [3.05, 3.63) is 16.4 Å². The molecule has 0 saturated carbocycles. The van der Waals surface area contributed by atoms with Gasteiger partial charge in [-0.05, 0) is 20.3 Å². The van der Waals surface area contributed by atoms with E-state index in [-0.39, 0.29) is 0 Å². The smallest absolute Gasteiger partial charge is 0.0860 e. The first-order valence-corrected chi connectivity index (χ1v) is 7.73. The second kappa shape index (κ2) is 6.52. The van der Waals surface area contributed by atoms with Crippen LogP contribution in [0.1, 0.15) is 24.7 Å². The summed E-state index contributed by atoms with van der Waals surface area (Å²) in [5.74, 6) is 0.728. The van der Waals surface area contributed by atoms with Crippen LogP contribution in [0.2, 0.25) is 5.02 Å². The topological polar surface area (TPSA) is 46.9 Å². The van der Waals surface area contributed by atoms with Crippen LogP contribution in [0, 0.1) is 6.92 Å². The molecule has 0 saturated heterocycles. The van der Waals surface area contributed by atoms with E-state index in [1.807, 2.05) is 14.0 Å². The maximum atomic E-state index is 11.0. The van der Waals surface area contributed by atoms with E-state index >= 15 is 0 Å². The van der Waals surface area contributed by atoms with Crippen LogP contribution >= 0.6 is 11.6 Å². The van der Waals surface area contributed by atoms with Gasteiger partial charge in [-0.2, -0.15) is 5.10 Å². The zero-order valence-corrected chi connectivity index (χ0v) is 12.4.